The first kappa shape index (κ1) is 21.9. The van der Waals surface area contributed by atoms with Crippen LogP contribution in [0, 0.1) is 11.8 Å². The van der Waals surface area contributed by atoms with E-state index in [-0.39, 0.29) is 24.0 Å². The van der Waals surface area contributed by atoms with Crippen LogP contribution in [0.5, 0.6) is 5.75 Å². The molecule has 4 heterocycles. The SMILES string of the molecule is COc1ccc([C@H](C)N2C[C@@]34C=C[C@H](O3)[C@@H](C(=O)NCCc3c[nH]c5ccccc35)[C@H]4C2=O)cc1. The van der Waals surface area contributed by atoms with Crippen molar-refractivity contribution >= 4 is 22.7 Å². The number of H-pyrrole nitrogens is 1. The number of amides is 2. The summed E-state index contributed by atoms with van der Waals surface area (Å²) in [5.74, 6) is -0.358. The number of benzene rings is 2. The molecule has 2 fully saturated rings. The predicted molar refractivity (Wildman–Crippen MR) is 132 cm³/mol. The first-order valence-corrected chi connectivity index (χ1v) is 12.1. The van der Waals surface area contributed by atoms with Crippen LogP contribution in [0.3, 0.4) is 0 Å². The van der Waals surface area contributed by atoms with Gasteiger partial charge in [-0.15, -0.1) is 0 Å². The maximum absolute atomic E-state index is 13.6. The van der Waals surface area contributed by atoms with Gasteiger partial charge in [-0.2, -0.15) is 0 Å². The van der Waals surface area contributed by atoms with Crippen LogP contribution in [0.4, 0.5) is 0 Å². The van der Waals surface area contributed by atoms with Crippen LogP contribution in [0.1, 0.15) is 24.1 Å². The molecule has 3 aliphatic rings. The second-order valence-corrected chi connectivity index (χ2v) is 9.72. The van der Waals surface area contributed by atoms with Crippen molar-refractivity contribution in [3.8, 4) is 5.75 Å². The van der Waals surface area contributed by atoms with Gasteiger partial charge < -0.3 is 24.7 Å². The number of ether oxygens (including phenoxy) is 2. The third-order valence-corrected chi connectivity index (χ3v) is 7.87. The smallest absolute Gasteiger partial charge is 0.230 e. The van der Waals surface area contributed by atoms with Crippen molar-refractivity contribution in [3.05, 3.63) is 78.0 Å². The zero-order chi connectivity index (χ0) is 24.2. The Bertz CT molecular complexity index is 1310. The molecule has 35 heavy (non-hydrogen) atoms. The van der Waals surface area contributed by atoms with Crippen LogP contribution in [-0.4, -0.2) is 53.6 Å². The summed E-state index contributed by atoms with van der Waals surface area (Å²) in [7, 11) is 1.63. The summed E-state index contributed by atoms with van der Waals surface area (Å²) in [6.07, 6.45) is 6.31. The number of aromatic nitrogens is 1. The minimum absolute atomic E-state index is 0.0167. The summed E-state index contributed by atoms with van der Waals surface area (Å²) in [4.78, 5) is 32.1. The third-order valence-electron chi connectivity index (χ3n) is 7.87. The number of nitrogens with zero attached hydrogens (tertiary/aromatic N) is 1. The highest BCUT2D eigenvalue weighted by atomic mass is 16.5. The van der Waals surface area contributed by atoms with E-state index in [9.17, 15) is 9.59 Å². The van der Waals surface area contributed by atoms with Gasteiger partial charge in [-0.25, -0.2) is 0 Å². The van der Waals surface area contributed by atoms with Crippen molar-refractivity contribution in [1.82, 2.24) is 15.2 Å². The molecule has 0 saturated carbocycles. The lowest BCUT2D eigenvalue weighted by molar-refractivity contribution is -0.138. The van der Waals surface area contributed by atoms with E-state index in [0.29, 0.717) is 19.5 Å². The van der Waals surface area contributed by atoms with Crippen LogP contribution >= 0.6 is 0 Å². The van der Waals surface area contributed by atoms with Crippen molar-refractivity contribution in [1.29, 1.82) is 0 Å². The van der Waals surface area contributed by atoms with E-state index in [1.54, 1.807) is 7.11 Å². The standard InChI is InChI=1S/C28H29N3O4/c1-17(18-7-9-20(34-2)10-8-18)31-16-28-13-11-23(35-28)24(25(28)27(31)33)26(32)29-14-12-19-15-30-22-6-4-3-5-21(19)22/h3-11,13,15,17,23-25,30H,12,14,16H2,1-2H3,(H,29,32)/t17-,23-,24+,25-,28+/m0/s1. The Labute approximate surface area is 204 Å². The van der Waals surface area contributed by atoms with E-state index in [1.165, 1.54) is 5.39 Å². The Morgan fingerprint density at radius 2 is 2.06 bits per heavy atom. The minimum Gasteiger partial charge on any atom is -0.497 e. The molecule has 2 bridgehead atoms. The third kappa shape index (κ3) is 3.45. The van der Waals surface area contributed by atoms with Gasteiger partial charge >= 0.3 is 0 Å². The fourth-order valence-electron chi connectivity index (χ4n) is 5.99. The van der Waals surface area contributed by atoms with Crippen LogP contribution in [0.2, 0.25) is 0 Å². The number of carbonyl (C=O) groups is 2. The van der Waals surface area contributed by atoms with Crippen molar-refractivity contribution in [2.45, 2.75) is 31.1 Å². The Morgan fingerprint density at radius 3 is 2.86 bits per heavy atom. The maximum Gasteiger partial charge on any atom is 0.230 e. The molecule has 7 heteroatoms. The average molecular weight is 472 g/mol. The molecule has 5 atom stereocenters. The Hall–Kier alpha value is -3.58. The van der Waals surface area contributed by atoms with E-state index >= 15 is 0 Å². The second kappa shape index (κ2) is 8.27. The number of rotatable bonds is 7. The lowest BCUT2D eigenvalue weighted by atomic mass is 9.77. The van der Waals surface area contributed by atoms with Crippen LogP contribution < -0.4 is 10.1 Å². The maximum atomic E-state index is 13.6. The number of carbonyl (C=O) groups excluding carboxylic acids is 2. The normalized spacial score (nSPS) is 27.4. The first-order valence-electron chi connectivity index (χ1n) is 12.1. The van der Waals surface area contributed by atoms with E-state index in [0.717, 1.165) is 22.4 Å². The average Bonchev–Trinajstić information content (AvgIpc) is 3.63. The highest BCUT2D eigenvalue weighted by molar-refractivity contribution is 5.93. The van der Waals surface area contributed by atoms with Crippen LogP contribution in [-0.2, 0) is 20.7 Å². The number of likely N-dealkylation sites (tertiary alicyclic amines) is 1. The number of hydrogen-bond donors (Lipinski definition) is 2. The lowest BCUT2D eigenvalue weighted by Gasteiger charge is -2.28. The zero-order valence-electron chi connectivity index (χ0n) is 19.9. The van der Waals surface area contributed by atoms with Gasteiger partial charge in [0.1, 0.15) is 11.4 Å². The second-order valence-electron chi connectivity index (χ2n) is 9.72. The summed E-state index contributed by atoms with van der Waals surface area (Å²) in [5.41, 5.74) is 2.55. The summed E-state index contributed by atoms with van der Waals surface area (Å²) in [6, 6.07) is 15.8. The molecule has 7 nitrogen and oxygen atoms in total. The van der Waals surface area contributed by atoms with Crippen LogP contribution in [0.15, 0.2) is 66.9 Å². The summed E-state index contributed by atoms with van der Waals surface area (Å²) in [6.45, 7) is 2.98. The summed E-state index contributed by atoms with van der Waals surface area (Å²) < 4.78 is 11.5. The predicted octanol–water partition coefficient (Wildman–Crippen LogP) is 3.38. The van der Waals surface area contributed by atoms with Gasteiger partial charge in [0, 0.05) is 23.6 Å². The summed E-state index contributed by atoms with van der Waals surface area (Å²) in [5, 5.41) is 4.25. The number of para-hydroxylation sites is 1. The highest BCUT2D eigenvalue weighted by Crippen LogP contribution is 2.53. The number of fused-ring (bicyclic) bond motifs is 2. The lowest BCUT2D eigenvalue weighted by Crippen LogP contribution is -2.44. The topological polar surface area (TPSA) is 83.7 Å². The molecule has 2 aromatic carbocycles. The molecular formula is C28H29N3O4. The molecule has 3 aliphatic heterocycles. The van der Waals surface area contributed by atoms with E-state index < -0.39 is 17.4 Å². The molecule has 2 saturated heterocycles. The Balaban J connectivity index is 1.16. The molecule has 180 valence electrons. The highest BCUT2D eigenvalue weighted by Gasteiger charge is 2.67. The van der Waals surface area contributed by atoms with Crippen LogP contribution in [0.25, 0.3) is 10.9 Å². The molecule has 6 rings (SSSR count). The van der Waals surface area contributed by atoms with Crippen molar-refractivity contribution in [2.75, 3.05) is 20.2 Å². The molecule has 0 aliphatic carbocycles. The van der Waals surface area contributed by atoms with Crippen molar-refractivity contribution in [2.24, 2.45) is 11.8 Å². The van der Waals surface area contributed by atoms with Gasteiger partial charge in [-0.05, 0) is 42.7 Å². The molecule has 2 N–H and O–H groups in total. The van der Waals surface area contributed by atoms with E-state index in [2.05, 4.69) is 16.4 Å². The minimum atomic E-state index is -0.721. The van der Waals surface area contributed by atoms with Gasteiger partial charge in [-0.1, -0.05) is 42.5 Å². The van der Waals surface area contributed by atoms with Gasteiger partial charge in [0.15, 0.2) is 0 Å². The van der Waals surface area contributed by atoms with Crippen molar-refractivity contribution in [3.63, 3.8) is 0 Å². The quantitative estimate of drug-likeness (QED) is 0.518. The number of aromatic amines is 1. The van der Waals surface area contributed by atoms with Gasteiger partial charge in [0.05, 0.1) is 37.6 Å². The Kier molecular flexibility index (Phi) is 5.18. The fraction of sp³-hybridized carbons (Fsp3) is 0.357. The fourth-order valence-corrected chi connectivity index (χ4v) is 5.99. The molecule has 0 radical (unpaired) electrons. The first-order chi connectivity index (χ1) is 17.0. The monoisotopic (exact) mass is 471 g/mol. The largest absolute Gasteiger partial charge is 0.497 e. The number of methoxy groups -OCH3 is 1. The molecule has 1 spiro atoms. The molecule has 2 amide bonds. The van der Waals surface area contributed by atoms with Crippen molar-refractivity contribution < 1.29 is 19.1 Å². The number of nitrogens with one attached hydrogen (secondary N) is 2. The molecule has 1 aromatic heterocycles. The van der Waals surface area contributed by atoms with E-state index in [4.69, 9.17) is 9.47 Å². The van der Waals surface area contributed by atoms with Gasteiger partial charge in [0.2, 0.25) is 11.8 Å². The van der Waals surface area contributed by atoms with Gasteiger partial charge in [0.25, 0.3) is 0 Å². The number of hydrogen-bond acceptors (Lipinski definition) is 4. The molecule has 0 unspecified atom stereocenters. The molecule has 3 aromatic rings. The van der Waals surface area contributed by atoms with E-state index in [1.807, 2.05) is 72.6 Å². The zero-order valence-corrected chi connectivity index (χ0v) is 19.9. The molecular weight excluding hydrogens is 442 g/mol. The van der Waals surface area contributed by atoms with Gasteiger partial charge in [-0.3, -0.25) is 9.59 Å². The Morgan fingerprint density at radius 1 is 1.26 bits per heavy atom. The summed E-state index contributed by atoms with van der Waals surface area (Å²) >= 11 is 0.